The highest BCUT2D eigenvalue weighted by atomic mass is 19.4. The highest BCUT2D eigenvalue weighted by molar-refractivity contribution is 5.03. The van der Waals surface area contributed by atoms with Crippen molar-refractivity contribution >= 4 is 0 Å². The SMILES string of the molecule is CCCCCC1CCC(C2COC(C3CCC(C(F)=CC(F)(F)F)CC3)OC2)CC1. The van der Waals surface area contributed by atoms with Crippen LogP contribution in [0.2, 0.25) is 0 Å². The maximum Gasteiger partial charge on any atom is 0.412 e. The molecule has 30 heavy (non-hydrogen) atoms. The first-order valence-corrected chi connectivity index (χ1v) is 12.0. The molecule has 1 heterocycles. The fraction of sp³-hybridized carbons (Fsp3) is 0.917. The molecule has 0 amide bonds. The molecule has 174 valence electrons. The van der Waals surface area contributed by atoms with Crippen molar-refractivity contribution in [3.05, 3.63) is 11.9 Å². The van der Waals surface area contributed by atoms with Crippen LogP contribution in [0.15, 0.2) is 11.9 Å². The van der Waals surface area contributed by atoms with Crippen LogP contribution in [0.3, 0.4) is 0 Å². The number of alkyl halides is 3. The molecule has 3 fully saturated rings. The monoisotopic (exact) mass is 434 g/mol. The highest BCUT2D eigenvalue weighted by Gasteiger charge is 2.37. The molecular weight excluding hydrogens is 396 g/mol. The molecule has 3 aliphatic rings. The standard InChI is InChI=1S/C24H38F4O2/c1-2-3-4-5-17-6-8-18(9-7-17)21-15-29-23(30-16-21)20-12-10-19(11-13-20)22(25)14-24(26,27)28/h14,17-21,23H,2-13,15-16H2,1H3. The molecule has 0 aromatic heterocycles. The number of unbranched alkanes of at least 4 members (excludes halogenated alkanes) is 2. The average Bonchev–Trinajstić information content (AvgIpc) is 2.73. The van der Waals surface area contributed by atoms with E-state index in [0.717, 1.165) is 19.1 Å². The minimum absolute atomic E-state index is 0.162. The lowest BCUT2D eigenvalue weighted by atomic mass is 9.74. The van der Waals surface area contributed by atoms with Gasteiger partial charge in [0.25, 0.3) is 0 Å². The molecule has 0 atom stereocenters. The second-order valence-electron chi connectivity index (χ2n) is 9.75. The summed E-state index contributed by atoms with van der Waals surface area (Å²) in [5.74, 6) is 0.554. The predicted molar refractivity (Wildman–Crippen MR) is 109 cm³/mol. The molecule has 2 saturated carbocycles. The van der Waals surface area contributed by atoms with Crippen LogP contribution in [-0.2, 0) is 9.47 Å². The number of hydrogen-bond acceptors (Lipinski definition) is 2. The summed E-state index contributed by atoms with van der Waals surface area (Å²) in [6.45, 7) is 3.69. The zero-order valence-electron chi connectivity index (χ0n) is 18.3. The average molecular weight is 435 g/mol. The molecular formula is C24H38F4O2. The van der Waals surface area contributed by atoms with Crippen molar-refractivity contribution in [1.29, 1.82) is 0 Å². The molecule has 0 aromatic rings. The van der Waals surface area contributed by atoms with E-state index in [1.165, 1.54) is 51.4 Å². The Hall–Kier alpha value is -0.620. The van der Waals surface area contributed by atoms with E-state index in [2.05, 4.69) is 6.92 Å². The minimum atomic E-state index is -4.58. The van der Waals surface area contributed by atoms with Crippen molar-refractivity contribution in [2.45, 2.75) is 96.4 Å². The van der Waals surface area contributed by atoms with Gasteiger partial charge in [0.2, 0.25) is 0 Å². The van der Waals surface area contributed by atoms with Gasteiger partial charge in [0.1, 0.15) is 5.83 Å². The first-order valence-electron chi connectivity index (χ1n) is 12.0. The van der Waals surface area contributed by atoms with E-state index in [4.69, 9.17) is 9.47 Å². The number of ether oxygens (including phenoxy) is 2. The van der Waals surface area contributed by atoms with Crippen molar-refractivity contribution in [3.63, 3.8) is 0 Å². The summed E-state index contributed by atoms with van der Waals surface area (Å²) in [5, 5.41) is 0. The molecule has 0 bridgehead atoms. The summed E-state index contributed by atoms with van der Waals surface area (Å²) < 4.78 is 63.0. The number of hydrogen-bond donors (Lipinski definition) is 0. The van der Waals surface area contributed by atoms with Gasteiger partial charge >= 0.3 is 6.18 Å². The van der Waals surface area contributed by atoms with Crippen LogP contribution in [-0.4, -0.2) is 25.7 Å². The van der Waals surface area contributed by atoms with Gasteiger partial charge < -0.3 is 9.47 Å². The van der Waals surface area contributed by atoms with Gasteiger partial charge in [0, 0.05) is 17.8 Å². The second kappa shape index (κ2) is 11.3. The fourth-order valence-electron chi connectivity index (χ4n) is 5.65. The molecule has 0 unspecified atom stereocenters. The van der Waals surface area contributed by atoms with E-state index < -0.39 is 17.9 Å². The van der Waals surface area contributed by atoms with Gasteiger partial charge in [0.15, 0.2) is 6.29 Å². The smallest absolute Gasteiger partial charge is 0.352 e. The van der Waals surface area contributed by atoms with Gasteiger partial charge in [-0.15, -0.1) is 0 Å². The number of halogens is 4. The maximum absolute atomic E-state index is 13.8. The fourth-order valence-corrected chi connectivity index (χ4v) is 5.65. The minimum Gasteiger partial charge on any atom is -0.352 e. The van der Waals surface area contributed by atoms with Crippen LogP contribution in [0.5, 0.6) is 0 Å². The van der Waals surface area contributed by atoms with Gasteiger partial charge in [-0.3, -0.25) is 0 Å². The largest absolute Gasteiger partial charge is 0.412 e. The van der Waals surface area contributed by atoms with Crippen LogP contribution >= 0.6 is 0 Å². The lowest BCUT2D eigenvalue weighted by Crippen LogP contribution is -2.41. The Labute approximate surface area is 178 Å². The maximum atomic E-state index is 13.8. The van der Waals surface area contributed by atoms with Crippen LogP contribution in [0.25, 0.3) is 0 Å². The molecule has 0 N–H and O–H groups in total. The van der Waals surface area contributed by atoms with Gasteiger partial charge in [-0.1, -0.05) is 45.4 Å². The second-order valence-corrected chi connectivity index (χ2v) is 9.75. The predicted octanol–water partition coefficient (Wildman–Crippen LogP) is 7.58. The molecule has 6 heteroatoms. The summed E-state index contributed by atoms with van der Waals surface area (Å²) in [4.78, 5) is 0. The summed E-state index contributed by atoms with van der Waals surface area (Å²) in [5.41, 5.74) is 0. The first-order chi connectivity index (χ1) is 14.4. The van der Waals surface area contributed by atoms with Crippen LogP contribution in [0.1, 0.15) is 84.0 Å². The highest BCUT2D eigenvalue weighted by Crippen LogP contribution is 2.41. The quantitative estimate of drug-likeness (QED) is 0.304. The Morgan fingerprint density at radius 2 is 1.43 bits per heavy atom. The van der Waals surface area contributed by atoms with Gasteiger partial charge in [0.05, 0.1) is 19.3 Å². The Bertz CT molecular complexity index is 524. The van der Waals surface area contributed by atoms with Crippen molar-refractivity contribution in [2.75, 3.05) is 13.2 Å². The van der Waals surface area contributed by atoms with E-state index in [1.54, 1.807) is 0 Å². The zero-order valence-corrected chi connectivity index (χ0v) is 18.3. The molecule has 2 aliphatic carbocycles. The lowest BCUT2D eigenvalue weighted by molar-refractivity contribution is -0.237. The van der Waals surface area contributed by atoms with Gasteiger partial charge in [-0.2, -0.15) is 13.2 Å². The number of rotatable bonds is 7. The third kappa shape index (κ3) is 7.22. The van der Waals surface area contributed by atoms with E-state index >= 15 is 0 Å². The van der Waals surface area contributed by atoms with E-state index in [9.17, 15) is 17.6 Å². The summed E-state index contributed by atoms with van der Waals surface area (Å²) in [6.07, 6.45) is 7.70. The normalized spacial score (nSPS) is 36.6. The van der Waals surface area contributed by atoms with Crippen LogP contribution in [0.4, 0.5) is 17.6 Å². The molecule has 3 rings (SSSR count). The topological polar surface area (TPSA) is 18.5 Å². The first kappa shape index (κ1) is 24.0. The van der Waals surface area contributed by atoms with Gasteiger partial charge in [-0.05, 0) is 50.4 Å². The van der Waals surface area contributed by atoms with Gasteiger partial charge in [-0.25, -0.2) is 4.39 Å². The summed E-state index contributed by atoms with van der Waals surface area (Å²) in [7, 11) is 0. The van der Waals surface area contributed by atoms with E-state index in [1.807, 2.05) is 0 Å². The van der Waals surface area contributed by atoms with E-state index in [-0.39, 0.29) is 18.3 Å². The molecule has 1 aliphatic heterocycles. The zero-order chi connectivity index (χ0) is 21.6. The molecule has 0 radical (unpaired) electrons. The molecule has 0 aromatic carbocycles. The van der Waals surface area contributed by atoms with Crippen LogP contribution < -0.4 is 0 Å². The van der Waals surface area contributed by atoms with Crippen molar-refractivity contribution in [2.24, 2.45) is 29.6 Å². The van der Waals surface area contributed by atoms with E-state index in [0.29, 0.717) is 37.5 Å². The third-order valence-electron chi connectivity index (χ3n) is 7.57. The third-order valence-corrected chi connectivity index (χ3v) is 7.57. The molecule has 2 nitrogen and oxygen atoms in total. The van der Waals surface area contributed by atoms with Crippen molar-refractivity contribution in [1.82, 2.24) is 0 Å². The summed E-state index contributed by atoms with van der Waals surface area (Å²) in [6, 6.07) is 0. The number of allylic oxidation sites excluding steroid dienone is 2. The Morgan fingerprint density at radius 3 is 2.00 bits per heavy atom. The Morgan fingerprint density at radius 1 is 0.833 bits per heavy atom. The van der Waals surface area contributed by atoms with Crippen LogP contribution in [0, 0.1) is 29.6 Å². The molecule has 1 saturated heterocycles. The van der Waals surface area contributed by atoms with Crippen molar-refractivity contribution in [3.8, 4) is 0 Å². The lowest BCUT2D eigenvalue weighted by Gasteiger charge is -2.41. The Balaban J connectivity index is 1.35. The molecule has 0 spiro atoms. The van der Waals surface area contributed by atoms with Crippen molar-refractivity contribution < 1.29 is 27.0 Å². The summed E-state index contributed by atoms with van der Waals surface area (Å²) >= 11 is 0. The Kier molecular flexibility index (Phi) is 9.06.